The van der Waals surface area contributed by atoms with Crippen molar-refractivity contribution in [3.63, 3.8) is 0 Å². The van der Waals surface area contributed by atoms with Crippen molar-refractivity contribution in [2.75, 3.05) is 0 Å². The van der Waals surface area contributed by atoms with E-state index in [0.29, 0.717) is 50.5 Å². The van der Waals surface area contributed by atoms with Gasteiger partial charge in [0.25, 0.3) is 5.56 Å². The molecule has 146 valence electrons. The van der Waals surface area contributed by atoms with Gasteiger partial charge in [0.15, 0.2) is 5.16 Å². The predicted molar refractivity (Wildman–Crippen MR) is 113 cm³/mol. The molecule has 2 aromatic carbocycles. The van der Waals surface area contributed by atoms with Gasteiger partial charge in [-0.1, -0.05) is 29.4 Å². The molecule has 0 amide bonds. The highest BCUT2D eigenvalue weighted by atomic mass is 35.5. The highest BCUT2D eigenvalue weighted by Gasteiger charge is 2.13. The number of rotatable bonds is 6. The topological polar surface area (TPSA) is 60.9 Å². The summed E-state index contributed by atoms with van der Waals surface area (Å²) < 4.78 is 20.1. The standard InChI is InChI=1S/C21H15ClFN3O2S/c1-2-9-26-20(27)17-8-5-14(22)10-18(17)25-21(26)29-12-16-11-28-19(24-16)13-3-6-15(23)7-4-13/h2-8,10-11H,1,9,12H2. The van der Waals surface area contributed by atoms with Gasteiger partial charge in [-0.25, -0.2) is 14.4 Å². The van der Waals surface area contributed by atoms with Gasteiger partial charge >= 0.3 is 0 Å². The SMILES string of the molecule is C=CCn1c(SCc2coc(-c3ccc(F)cc3)n2)nc2cc(Cl)ccc2c1=O. The Labute approximate surface area is 174 Å². The van der Waals surface area contributed by atoms with Crippen molar-refractivity contribution in [2.45, 2.75) is 17.5 Å². The number of fused-ring (bicyclic) bond motifs is 1. The van der Waals surface area contributed by atoms with Gasteiger partial charge in [0.1, 0.15) is 12.1 Å². The molecule has 29 heavy (non-hydrogen) atoms. The number of benzene rings is 2. The highest BCUT2D eigenvalue weighted by Crippen LogP contribution is 2.25. The molecule has 4 rings (SSSR count). The molecule has 0 aliphatic heterocycles. The van der Waals surface area contributed by atoms with Crippen LogP contribution in [0.3, 0.4) is 0 Å². The van der Waals surface area contributed by atoms with Crippen LogP contribution in [-0.4, -0.2) is 14.5 Å². The second-order valence-corrected chi connectivity index (χ2v) is 7.58. The average molecular weight is 428 g/mol. The lowest BCUT2D eigenvalue weighted by molar-refractivity contribution is 0.572. The Hall–Kier alpha value is -2.90. The van der Waals surface area contributed by atoms with Crippen LogP contribution in [0.1, 0.15) is 5.69 Å². The molecule has 0 saturated carbocycles. The van der Waals surface area contributed by atoms with Crippen molar-refractivity contribution in [1.82, 2.24) is 14.5 Å². The first-order valence-corrected chi connectivity index (χ1v) is 10.1. The van der Waals surface area contributed by atoms with E-state index < -0.39 is 0 Å². The van der Waals surface area contributed by atoms with E-state index in [2.05, 4.69) is 16.5 Å². The van der Waals surface area contributed by atoms with Gasteiger partial charge in [-0.2, -0.15) is 0 Å². The van der Waals surface area contributed by atoms with Gasteiger partial charge in [0, 0.05) is 22.9 Å². The van der Waals surface area contributed by atoms with Gasteiger partial charge in [-0.15, -0.1) is 6.58 Å². The Morgan fingerprint density at radius 2 is 2.00 bits per heavy atom. The van der Waals surface area contributed by atoms with Crippen LogP contribution in [0.5, 0.6) is 0 Å². The highest BCUT2D eigenvalue weighted by molar-refractivity contribution is 7.98. The maximum absolute atomic E-state index is 13.1. The fraction of sp³-hybridized carbons (Fsp3) is 0.0952. The molecular formula is C21H15ClFN3O2S. The summed E-state index contributed by atoms with van der Waals surface area (Å²) in [6, 6.07) is 10.9. The lowest BCUT2D eigenvalue weighted by Crippen LogP contribution is -2.22. The number of allylic oxidation sites excluding steroid dienone is 1. The zero-order valence-corrected chi connectivity index (χ0v) is 16.7. The Kier molecular flexibility index (Phi) is 5.51. The molecule has 2 aromatic heterocycles. The van der Waals surface area contributed by atoms with Crippen LogP contribution in [0.2, 0.25) is 5.02 Å². The van der Waals surface area contributed by atoms with Crippen LogP contribution in [-0.2, 0) is 12.3 Å². The van der Waals surface area contributed by atoms with Gasteiger partial charge < -0.3 is 4.42 Å². The Bertz CT molecular complexity index is 1250. The molecule has 2 heterocycles. The predicted octanol–water partition coefficient (Wildman–Crippen LogP) is 5.32. The van der Waals surface area contributed by atoms with E-state index in [-0.39, 0.29) is 11.4 Å². The summed E-state index contributed by atoms with van der Waals surface area (Å²) in [6.45, 7) is 4.06. The second kappa shape index (κ2) is 8.23. The van der Waals surface area contributed by atoms with Crippen molar-refractivity contribution < 1.29 is 8.81 Å². The Morgan fingerprint density at radius 1 is 1.21 bits per heavy atom. The van der Waals surface area contributed by atoms with E-state index in [1.807, 2.05) is 0 Å². The minimum atomic E-state index is -0.321. The maximum Gasteiger partial charge on any atom is 0.262 e. The molecule has 0 spiro atoms. The van der Waals surface area contributed by atoms with Gasteiger partial charge in [-0.05, 0) is 42.5 Å². The molecule has 4 aromatic rings. The first-order valence-electron chi connectivity index (χ1n) is 8.69. The number of nitrogens with zero attached hydrogens (tertiary/aromatic N) is 3. The molecule has 0 fully saturated rings. The normalized spacial score (nSPS) is 11.1. The van der Waals surface area contributed by atoms with E-state index in [0.717, 1.165) is 0 Å². The maximum atomic E-state index is 13.1. The quantitative estimate of drug-likeness (QED) is 0.237. The first-order chi connectivity index (χ1) is 14.0. The zero-order valence-electron chi connectivity index (χ0n) is 15.1. The van der Waals surface area contributed by atoms with Crippen LogP contribution < -0.4 is 5.56 Å². The van der Waals surface area contributed by atoms with Crippen molar-refractivity contribution in [1.29, 1.82) is 0 Å². The van der Waals surface area contributed by atoms with Crippen molar-refractivity contribution >= 4 is 34.3 Å². The Balaban J connectivity index is 1.62. The minimum absolute atomic E-state index is 0.152. The fourth-order valence-corrected chi connectivity index (χ4v) is 3.86. The van der Waals surface area contributed by atoms with Gasteiger partial charge in [0.2, 0.25) is 5.89 Å². The number of halogens is 2. The third-order valence-corrected chi connectivity index (χ3v) is 5.43. The van der Waals surface area contributed by atoms with Crippen LogP contribution in [0.25, 0.3) is 22.4 Å². The molecule has 0 aliphatic rings. The summed E-state index contributed by atoms with van der Waals surface area (Å²) in [6.07, 6.45) is 3.19. The van der Waals surface area contributed by atoms with Gasteiger partial charge in [0.05, 0.1) is 16.6 Å². The van der Waals surface area contributed by atoms with Crippen LogP contribution in [0.15, 0.2) is 75.8 Å². The third-order valence-electron chi connectivity index (χ3n) is 4.19. The zero-order chi connectivity index (χ0) is 20.4. The smallest absolute Gasteiger partial charge is 0.262 e. The Morgan fingerprint density at radius 3 is 2.76 bits per heavy atom. The van der Waals surface area contributed by atoms with E-state index in [4.69, 9.17) is 16.0 Å². The molecule has 0 unspecified atom stereocenters. The number of hydrogen-bond acceptors (Lipinski definition) is 5. The monoisotopic (exact) mass is 427 g/mol. The fourth-order valence-electron chi connectivity index (χ4n) is 2.81. The molecule has 0 aliphatic carbocycles. The first kappa shape index (κ1) is 19.4. The largest absolute Gasteiger partial charge is 0.444 e. The average Bonchev–Trinajstić information content (AvgIpc) is 3.18. The minimum Gasteiger partial charge on any atom is -0.444 e. The molecule has 8 heteroatoms. The second-order valence-electron chi connectivity index (χ2n) is 6.20. The third kappa shape index (κ3) is 4.11. The number of oxazole rings is 1. The van der Waals surface area contributed by atoms with E-state index >= 15 is 0 Å². The van der Waals surface area contributed by atoms with E-state index in [1.165, 1.54) is 23.9 Å². The van der Waals surface area contributed by atoms with Crippen molar-refractivity contribution in [3.05, 3.63) is 88.3 Å². The molecular weight excluding hydrogens is 413 g/mol. The van der Waals surface area contributed by atoms with Crippen molar-refractivity contribution in [3.8, 4) is 11.5 Å². The molecule has 0 saturated heterocycles. The number of thioether (sulfide) groups is 1. The summed E-state index contributed by atoms with van der Waals surface area (Å²) in [5.41, 5.74) is 1.75. The number of hydrogen-bond donors (Lipinski definition) is 0. The van der Waals surface area contributed by atoms with Crippen molar-refractivity contribution in [2.24, 2.45) is 0 Å². The summed E-state index contributed by atoms with van der Waals surface area (Å²) in [4.78, 5) is 21.9. The van der Waals surface area contributed by atoms with Crippen LogP contribution in [0, 0.1) is 5.82 Å². The summed E-state index contributed by atoms with van der Waals surface area (Å²) in [5.74, 6) is 0.529. The van der Waals surface area contributed by atoms with Gasteiger partial charge in [-0.3, -0.25) is 9.36 Å². The lowest BCUT2D eigenvalue weighted by Gasteiger charge is -2.11. The van der Waals surface area contributed by atoms with Crippen LogP contribution >= 0.6 is 23.4 Å². The molecule has 0 N–H and O–H groups in total. The van der Waals surface area contributed by atoms with E-state index in [1.54, 1.807) is 47.2 Å². The molecule has 0 atom stereocenters. The molecule has 5 nitrogen and oxygen atoms in total. The summed E-state index contributed by atoms with van der Waals surface area (Å²) in [7, 11) is 0. The summed E-state index contributed by atoms with van der Waals surface area (Å²) in [5, 5.41) is 1.55. The summed E-state index contributed by atoms with van der Waals surface area (Å²) >= 11 is 7.41. The van der Waals surface area contributed by atoms with E-state index in [9.17, 15) is 9.18 Å². The molecule has 0 radical (unpaired) electrons. The van der Waals surface area contributed by atoms with Crippen LogP contribution in [0.4, 0.5) is 4.39 Å². The molecule has 0 bridgehead atoms. The lowest BCUT2D eigenvalue weighted by atomic mass is 10.2. The number of aromatic nitrogens is 3.